The molecule has 0 atom stereocenters. The quantitative estimate of drug-likeness (QED) is 0.807. The number of nitrogens with one attached hydrogen (secondary N) is 1. The molecular formula is C12H14ClN3. The summed E-state index contributed by atoms with van der Waals surface area (Å²) < 4.78 is 1.90. The Balaban J connectivity index is 1.74. The molecule has 0 aliphatic heterocycles. The van der Waals surface area contributed by atoms with Crippen molar-refractivity contribution in [1.82, 2.24) is 15.1 Å². The van der Waals surface area contributed by atoms with Gasteiger partial charge in [-0.3, -0.25) is 4.68 Å². The van der Waals surface area contributed by atoms with Crippen molar-refractivity contribution < 1.29 is 0 Å². The van der Waals surface area contributed by atoms with Crippen LogP contribution in [0.2, 0.25) is 5.02 Å². The minimum absolute atomic E-state index is 0.793. The van der Waals surface area contributed by atoms with Crippen LogP contribution in [0.15, 0.2) is 42.7 Å². The van der Waals surface area contributed by atoms with Gasteiger partial charge in [0.2, 0.25) is 0 Å². The average Bonchev–Trinajstić information content (AvgIpc) is 2.79. The first-order chi connectivity index (χ1) is 7.86. The first kappa shape index (κ1) is 11.2. The van der Waals surface area contributed by atoms with Crippen LogP contribution >= 0.6 is 11.6 Å². The van der Waals surface area contributed by atoms with Gasteiger partial charge in [-0.1, -0.05) is 29.8 Å². The molecule has 0 aliphatic carbocycles. The largest absolute Gasteiger partial charge is 0.311 e. The van der Waals surface area contributed by atoms with Crippen molar-refractivity contribution in [3.8, 4) is 0 Å². The van der Waals surface area contributed by atoms with E-state index in [-0.39, 0.29) is 0 Å². The summed E-state index contributed by atoms with van der Waals surface area (Å²) in [5.41, 5.74) is 1.13. The van der Waals surface area contributed by atoms with Gasteiger partial charge in [-0.15, -0.1) is 0 Å². The smallest absolute Gasteiger partial charge is 0.0534 e. The summed E-state index contributed by atoms with van der Waals surface area (Å²) in [6, 6.07) is 9.80. The van der Waals surface area contributed by atoms with Crippen molar-refractivity contribution in [3.05, 3.63) is 53.3 Å². The highest BCUT2D eigenvalue weighted by Crippen LogP contribution is 2.13. The van der Waals surface area contributed by atoms with Gasteiger partial charge in [0.1, 0.15) is 0 Å². The van der Waals surface area contributed by atoms with Crippen LogP contribution in [0, 0.1) is 0 Å². The van der Waals surface area contributed by atoms with Crippen LogP contribution in [-0.2, 0) is 13.1 Å². The Kier molecular flexibility index (Phi) is 3.97. The van der Waals surface area contributed by atoms with E-state index in [0.717, 1.165) is 30.2 Å². The topological polar surface area (TPSA) is 29.9 Å². The summed E-state index contributed by atoms with van der Waals surface area (Å²) in [7, 11) is 0. The minimum atomic E-state index is 0.793. The van der Waals surface area contributed by atoms with Crippen molar-refractivity contribution in [2.45, 2.75) is 13.1 Å². The molecule has 0 bridgehead atoms. The van der Waals surface area contributed by atoms with Gasteiger partial charge in [-0.2, -0.15) is 5.10 Å². The standard InChI is InChI=1S/C12H14ClN3/c13-12-5-2-1-4-11(12)10-14-7-9-16-8-3-6-15-16/h1-6,8,14H,7,9-10H2. The maximum atomic E-state index is 6.05. The highest BCUT2D eigenvalue weighted by molar-refractivity contribution is 6.31. The lowest BCUT2D eigenvalue weighted by Gasteiger charge is -2.06. The maximum absolute atomic E-state index is 6.05. The molecule has 0 aliphatic rings. The zero-order chi connectivity index (χ0) is 11.2. The lowest BCUT2D eigenvalue weighted by molar-refractivity contribution is 0.555. The fourth-order valence-corrected chi connectivity index (χ4v) is 1.69. The second-order valence-electron chi connectivity index (χ2n) is 3.54. The van der Waals surface area contributed by atoms with Crippen LogP contribution in [0.3, 0.4) is 0 Å². The van der Waals surface area contributed by atoms with Crippen LogP contribution in [0.5, 0.6) is 0 Å². The summed E-state index contributed by atoms with van der Waals surface area (Å²) in [6.45, 7) is 2.55. The molecule has 1 N–H and O–H groups in total. The third kappa shape index (κ3) is 3.08. The van der Waals surface area contributed by atoms with E-state index in [2.05, 4.69) is 10.4 Å². The van der Waals surface area contributed by atoms with Gasteiger partial charge >= 0.3 is 0 Å². The Hall–Kier alpha value is -1.32. The van der Waals surface area contributed by atoms with Crippen molar-refractivity contribution in [3.63, 3.8) is 0 Å². The molecule has 1 aromatic carbocycles. The zero-order valence-corrected chi connectivity index (χ0v) is 9.69. The van der Waals surface area contributed by atoms with E-state index in [1.54, 1.807) is 6.20 Å². The normalized spacial score (nSPS) is 10.6. The van der Waals surface area contributed by atoms with E-state index in [0.29, 0.717) is 0 Å². The van der Waals surface area contributed by atoms with Gasteiger partial charge in [-0.05, 0) is 17.7 Å². The van der Waals surface area contributed by atoms with Crippen LogP contribution < -0.4 is 5.32 Å². The van der Waals surface area contributed by atoms with E-state index in [1.165, 1.54) is 0 Å². The molecule has 0 fully saturated rings. The molecule has 0 unspecified atom stereocenters. The molecule has 0 saturated carbocycles. The van der Waals surface area contributed by atoms with E-state index in [9.17, 15) is 0 Å². The summed E-state index contributed by atoms with van der Waals surface area (Å²) in [4.78, 5) is 0. The van der Waals surface area contributed by atoms with Crippen LogP contribution in [-0.4, -0.2) is 16.3 Å². The monoisotopic (exact) mass is 235 g/mol. The Morgan fingerprint density at radius 1 is 1.25 bits per heavy atom. The van der Waals surface area contributed by atoms with E-state index >= 15 is 0 Å². The summed E-state index contributed by atoms with van der Waals surface area (Å²) in [6.07, 6.45) is 3.74. The maximum Gasteiger partial charge on any atom is 0.0534 e. The predicted octanol–water partition coefficient (Wildman–Crippen LogP) is 2.33. The third-order valence-corrected chi connectivity index (χ3v) is 2.72. The summed E-state index contributed by atoms with van der Waals surface area (Å²) in [5.74, 6) is 0. The summed E-state index contributed by atoms with van der Waals surface area (Å²) >= 11 is 6.05. The zero-order valence-electron chi connectivity index (χ0n) is 8.94. The second-order valence-corrected chi connectivity index (χ2v) is 3.94. The molecule has 3 nitrogen and oxygen atoms in total. The molecule has 0 radical (unpaired) electrons. The molecular weight excluding hydrogens is 222 g/mol. The summed E-state index contributed by atoms with van der Waals surface area (Å²) in [5, 5.41) is 8.28. The van der Waals surface area contributed by atoms with Crippen LogP contribution in [0.25, 0.3) is 0 Å². The molecule has 0 spiro atoms. The highest BCUT2D eigenvalue weighted by Gasteiger charge is 1.97. The van der Waals surface area contributed by atoms with Gasteiger partial charge in [0.15, 0.2) is 0 Å². The van der Waals surface area contributed by atoms with Gasteiger partial charge in [-0.25, -0.2) is 0 Å². The van der Waals surface area contributed by atoms with Crippen molar-refractivity contribution >= 4 is 11.6 Å². The highest BCUT2D eigenvalue weighted by atomic mass is 35.5. The fourth-order valence-electron chi connectivity index (χ4n) is 1.49. The lowest BCUT2D eigenvalue weighted by Crippen LogP contribution is -2.19. The first-order valence-corrected chi connectivity index (χ1v) is 5.65. The van der Waals surface area contributed by atoms with Crippen molar-refractivity contribution in [2.24, 2.45) is 0 Å². The fraction of sp³-hybridized carbons (Fsp3) is 0.250. The predicted molar refractivity (Wildman–Crippen MR) is 65.4 cm³/mol. The Morgan fingerprint density at radius 2 is 2.12 bits per heavy atom. The second kappa shape index (κ2) is 5.68. The number of nitrogens with zero attached hydrogens (tertiary/aromatic N) is 2. The Labute approximate surface area is 100 Å². The minimum Gasteiger partial charge on any atom is -0.311 e. The average molecular weight is 236 g/mol. The number of benzene rings is 1. The van der Waals surface area contributed by atoms with E-state index < -0.39 is 0 Å². The Bertz CT molecular complexity index is 426. The molecule has 1 heterocycles. The first-order valence-electron chi connectivity index (χ1n) is 5.28. The number of rotatable bonds is 5. The van der Waals surface area contributed by atoms with Gasteiger partial charge in [0.05, 0.1) is 6.54 Å². The SMILES string of the molecule is Clc1ccccc1CNCCn1cccn1. The number of hydrogen-bond donors (Lipinski definition) is 1. The molecule has 0 saturated heterocycles. The van der Waals surface area contributed by atoms with Crippen molar-refractivity contribution in [2.75, 3.05) is 6.54 Å². The third-order valence-electron chi connectivity index (χ3n) is 2.35. The molecule has 0 amide bonds. The molecule has 2 aromatic rings. The van der Waals surface area contributed by atoms with Crippen LogP contribution in [0.4, 0.5) is 0 Å². The van der Waals surface area contributed by atoms with Gasteiger partial charge in [0.25, 0.3) is 0 Å². The lowest BCUT2D eigenvalue weighted by atomic mass is 10.2. The number of aromatic nitrogens is 2. The van der Waals surface area contributed by atoms with Gasteiger partial charge in [0, 0.05) is 30.5 Å². The molecule has 16 heavy (non-hydrogen) atoms. The number of hydrogen-bond acceptors (Lipinski definition) is 2. The van der Waals surface area contributed by atoms with Crippen LogP contribution in [0.1, 0.15) is 5.56 Å². The van der Waals surface area contributed by atoms with E-state index in [1.807, 2.05) is 41.2 Å². The van der Waals surface area contributed by atoms with Crippen molar-refractivity contribution in [1.29, 1.82) is 0 Å². The number of halogens is 1. The molecule has 1 aromatic heterocycles. The van der Waals surface area contributed by atoms with E-state index in [4.69, 9.17) is 11.6 Å². The molecule has 2 rings (SSSR count). The molecule has 84 valence electrons. The Morgan fingerprint density at radius 3 is 2.88 bits per heavy atom. The molecule has 4 heteroatoms. The van der Waals surface area contributed by atoms with Gasteiger partial charge < -0.3 is 5.32 Å².